The Morgan fingerprint density at radius 1 is 1.31 bits per heavy atom. The monoisotopic (exact) mass is 420 g/mol. The lowest BCUT2D eigenvalue weighted by atomic mass is 10.1. The number of rotatable bonds is 2. The summed E-state index contributed by atoms with van der Waals surface area (Å²) >= 11 is 3.41. The van der Waals surface area contributed by atoms with E-state index in [1.807, 2.05) is 39.0 Å². The summed E-state index contributed by atoms with van der Waals surface area (Å²) in [6, 6.07) is 7.35. The molecule has 2 heterocycles. The van der Waals surface area contributed by atoms with Gasteiger partial charge >= 0.3 is 6.09 Å². The molecule has 138 valence electrons. The van der Waals surface area contributed by atoms with Gasteiger partial charge in [-0.2, -0.15) is 5.10 Å². The van der Waals surface area contributed by atoms with Crippen LogP contribution in [-0.2, 0) is 17.7 Å². The van der Waals surface area contributed by atoms with Crippen LogP contribution in [0.4, 0.5) is 10.5 Å². The van der Waals surface area contributed by atoms with E-state index in [1.54, 1.807) is 11.0 Å². The zero-order chi connectivity index (χ0) is 18.9. The number of nitrogens with zero attached hydrogens (tertiary/aromatic N) is 2. The van der Waals surface area contributed by atoms with E-state index in [2.05, 4.69) is 31.4 Å². The Bertz CT molecular complexity index is 841. The maximum absolute atomic E-state index is 12.7. The number of amides is 2. The van der Waals surface area contributed by atoms with Gasteiger partial charge in [0.1, 0.15) is 5.60 Å². The number of ether oxygens (including phenoxy) is 1. The molecule has 0 saturated heterocycles. The highest BCUT2D eigenvalue weighted by Gasteiger charge is 2.30. The number of para-hydroxylation sites is 1. The highest BCUT2D eigenvalue weighted by Crippen LogP contribution is 2.25. The molecular formula is C18H21BrN4O3. The van der Waals surface area contributed by atoms with Crippen molar-refractivity contribution < 1.29 is 14.3 Å². The van der Waals surface area contributed by atoms with E-state index in [9.17, 15) is 9.59 Å². The van der Waals surface area contributed by atoms with Gasteiger partial charge < -0.3 is 15.0 Å². The molecule has 1 aromatic heterocycles. The molecule has 0 bridgehead atoms. The summed E-state index contributed by atoms with van der Waals surface area (Å²) in [4.78, 5) is 26.6. The van der Waals surface area contributed by atoms with Gasteiger partial charge in [0.15, 0.2) is 5.69 Å². The molecule has 8 heteroatoms. The highest BCUT2D eigenvalue weighted by atomic mass is 79.9. The third-order valence-corrected chi connectivity index (χ3v) is 4.61. The van der Waals surface area contributed by atoms with Crippen LogP contribution >= 0.6 is 15.9 Å². The van der Waals surface area contributed by atoms with Crippen molar-refractivity contribution in [1.82, 2.24) is 15.1 Å². The van der Waals surface area contributed by atoms with Gasteiger partial charge in [-0.1, -0.05) is 12.1 Å². The molecule has 7 nitrogen and oxygen atoms in total. The molecule has 1 aromatic carbocycles. The summed E-state index contributed by atoms with van der Waals surface area (Å²) in [6.45, 7) is 6.30. The largest absolute Gasteiger partial charge is 0.444 e. The Labute approximate surface area is 160 Å². The number of halogens is 1. The Morgan fingerprint density at radius 2 is 2.04 bits per heavy atom. The Balaban J connectivity index is 1.77. The molecule has 0 fully saturated rings. The van der Waals surface area contributed by atoms with Crippen LogP contribution in [0.25, 0.3) is 0 Å². The lowest BCUT2D eigenvalue weighted by Crippen LogP contribution is -2.40. The lowest BCUT2D eigenvalue weighted by Gasteiger charge is -2.30. The van der Waals surface area contributed by atoms with Crippen LogP contribution in [-0.4, -0.2) is 39.2 Å². The summed E-state index contributed by atoms with van der Waals surface area (Å²) in [5, 5.41) is 9.92. The number of carbonyl (C=O) groups is 2. The molecule has 1 aliphatic heterocycles. The fourth-order valence-corrected chi connectivity index (χ4v) is 3.09. The molecule has 0 radical (unpaired) electrons. The number of aromatic nitrogens is 2. The Hall–Kier alpha value is -2.35. The molecule has 26 heavy (non-hydrogen) atoms. The number of benzene rings is 1. The number of H-pyrrole nitrogens is 1. The molecule has 2 amide bonds. The zero-order valence-electron chi connectivity index (χ0n) is 14.9. The van der Waals surface area contributed by atoms with Crippen LogP contribution in [0.1, 0.15) is 42.5 Å². The van der Waals surface area contributed by atoms with Crippen molar-refractivity contribution in [3.05, 3.63) is 45.7 Å². The number of hydrogen-bond acceptors (Lipinski definition) is 4. The third kappa shape index (κ3) is 4.07. The third-order valence-electron chi connectivity index (χ3n) is 3.92. The standard InChI is InChI=1S/C18H21BrN4O3/c1-18(2,3)26-17(25)23-9-8-13-11(10-23)15(22-21-13)16(24)20-14-7-5-4-6-12(14)19/h4-7H,8-10H2,1-3H3,(H,20,24)(H,21,22). The van der Waals surface area contributed by atoms with Crippen LogP contribution in [0, 0.1) is 0 Å². The van der Waals surface area contributed by atoms with E-state index in [0.717, 1.165) is 15.7 Å². The minimum atomic E-state index is -0.562. The average molecular weight is 421 g/mol. The summed E-state index contributed by atoms with van der Waals surface area (Å²) < 4.78 is 6.22. The predicted octanol–water partition coefficient (Wildman–Crippen LogP) is 3.72. The van der Waals surface area contributed by atoms with Crippen molar-refractivity contribution >= 4 is 33.6 Å². The second-order valence-corrected chi connectivity index (χ2v) is 7.97. The fourth-order valence-electron chi connectivity index (χ4n) is 2.71. The van der Waals surface area contributed by atoms with Crippen molar-refractivity contribution in [1.29, 1.82) is 0 Å². The van der Waals surface area contributed by atoms with Gasteiger partial charge in [0.05, 0.1) is 12.2 Å². The predicted molar refractivity (Wildman–Crippen MR) is 101 cm³/mol. The molecule has 0 saturated carbocycles. The summed E-state index contributed by atoms with van der Waals surface area (Å²) in [5.41, 5.74) is 2.00. The molecule has 2 aromatic rings. The second-order valence-electron chi connectivity index (χ2n) is 7.12. The second kappa shape index (κ2) is 7.11. The number of nitrogens with one attached hydrogen (secondary N) is 2. The summed E-state index contributed by atoms with van der Waals surface area (Å²) in [6.07, 6.45) is 0.214. The van der Waals surface area contributed by atoms with Gasteiger partial charge in [0.2, 0.25) is 0 Å². The van der Waals surface area contributed by atoms with Crippen molar-refractivity contribution in [3.8, 4) is 0 Å². The van der Waals surface area contributed by atoms with Crippen LogP contribution in [0.2, 0.25) is 0 Å². The Morgan fingerprint density at radius 3 is 2.73 bits per heavy atom. The molecule has 1 aliphatic rings. The molecule has 0 aliphatic carbocycles. The van der Waals surface area contributed by atoms with Crippen LogP contribution in [0.15, 0.2) is 28.7 Å². The van der Waals surface area contributed by atoms with E-state index in [0.29, 0.717) is 30.9 Å². The first kappa shape index (κ1) is 18.4. The van der Waals surface area contributed by atoms with Gasteiger partial charge in [-0.05, 0) is 48.8 Å². The molecule has 3 rings (SSSR count). The van der Waals surface area contributed by atoms with Crippen molar-refractivity contribution in [2.45, 2.75) is 39.3 Å². The first-order valence-electron chi connectivity index (χ1n) is 8.34. The minimum Gasteiger partial charge on any atom is -0.444 e. The first-order chi connectivity index (χ1) is 12.2. The van der Waals surface area contributed by atoms with Gasteiger partial charge in [0.25, 0.3) is 5.91 Å². The van der Waals surface area contributed by atoms with Crippen LogP contribution in [0.3, 0.4) is 0 Å². The lowest BCUT2D eigenvalue weighted by molar-refractivity contribution is 0.0222. The Kier molecular flexibility index (Phi) is 5.04. The van der Waals surface area contributed by atoms with E-state index in [4.69, 9.17) is 4.74 Å². The van der Waals surface area contributed by atoms with E-state index < -0.39 is 5.60 Å². The smallest absolute Gasteiger partial charge is 0.410 e. The SMILES string of the molecule is CC(C)(C)OC(=O)N1CCc2[nH]nc(C(=O)Nc3ccccc3Br)c2C1. The zero-order valence-corrected chi connectivity index (χ0v) is 16.5. The average Bonchev–Trinajstić information content (AvgIpc) is 2.98. The number of hydrogen-bond donors (Lipinski definition) is 2. The topological polar surface area (TPSA) is 87.3 Å². The van der Waals surface area contributed by atoms with Gasteiger partial charge in [-0.15, -0.1) is 0 Å². The molecule has 0 atom stereocenters. The van der Waals surface area contributed by atoms with Crippen LogP contribution in [0.5, 0.6) is 0 Å². The fraction of sp³-hybridized carbons (Fsp3) is 0.389. The number of fused-ring (bicyclic) bond motifs is 1. The maximum Gasteiger partial charge on any atom is 0.410 e. The van der Waals surface area contributed by atoms with Crippen molar-refractivity contribution in [2.24, 2.45) is 0 Å². The highest BCUT2D eigenvalue weighted by molar-refractivity contribution is 9.10. The normalized spacial score (nSPS) is 13.9. The quantitative estimate of drug-likeness (QED) is 0.774. The number of carbonyl (C=O) groups excluding carboxylic acids is 2. The number of anilines is 1. The van der Waals surface area contributed by atoms with Crippen molar-refractivity contribution in [2.75, 3.05) is 11.9 Å². The van der Waals surface area contributed by atoms with Gasteiger partial charge in [0, 0.05) is 28.7 Å². The molecular weight excluding hydrogens is 400 g/mol. The van der Waals surface area contributed by atoms with Crippen molar-refractivity contribution in [3.63, 3.8) is 0 Å². The van der Waals surface area contributed by atoms with Gasteiger partial charge in [-0.25, -0.2) is 4.79 Å². The molecule has 0 spiro atoms. The summed E-state index contributed by atoms with van der Waals surface area (Å²) in [7, 11) is 0. The minimum absolute atomic E-state index is 0.291. The molecule has 2 N–H and O–H groups in total. The van der Waals surface area contributed by atoms with E-state index >= 15 is 0 Å². The van der Waals surface area contributed by atoms with E-state index in [1.165, 1.54) is 0 Å². The summed E-state index contributed by atoms with van der Waals surface area (Å²) in [5.74, 6) is -0.319. The molecule has 0 unspecified atom stereocenters. The first-order valence-corrected chi connectivity index (χ1v) is 9.14. The van der Waals surface area contributed by atoms with Gasteiger partial charge in [-0.3, -0.25) is 9.89 Å². The van der Waals surface area contributed by atoms with Crippen LogP contribution < -0.4 is 5.32 Å². The maximum atomic E-state index is 12.7. The number of aromatic amines is 1. The van der Waals surface area contributed by atoms with E-state index in [-0.39, 0.29) is 12.0 Å².